The second-order valence-electron chi connectivity index (χ2n) is 5.01. The van der Waals surface area contributed by atoms with Crippen LogP contribution in [0.25, 0.3) is 21.4 Å². The van der Waals surface area contributed by atoms with Gasteiger partial charge in [0.2, 0.25) is 0 Å². The zero-order chi connectivity index (χ0) is 13.5. The molecule has 108 valence electrons. The monoisotopic (exact) mass is 318 g/mol. The third kappa shape index (κ3) is 2.57. The number of aryl methyl sites for hydroxylation is 1. The van der Waals surface area contributed by atoms with E-state index in [2.05, 4.69) is 46.9 Å². The van der Waals surface area contributed by atoms with Crippen molar-refractivity contribution in [2.45, 2.75) is 6.92 Å². The molecule has 21 heavy (non-hydrogen) atoms. The van der Waals surface area contributed by atoms with Crippen LogP contribution in [0.3, 0.4) is 0 Å². The number of hydrogen-bond donors (Lipinski definition) is 1. The fourth-order valence-electron chi connectivity index (χ4n) is 2.46. The normalized spacial score (nSPS) is 13.9. The predicted molar refractivity (Wildman–Crippen MR) is 90.9 cm³/mol. The summed E-state index contributed by atoms with van der Waals surface area (Å²) in [5, 5.41) is 6.54. The summed E-state index contributed by atoms with van der Waals surface area (Å²) in [6.45, 7) is 3.84. The molecule has 3 aromatic rings. The van der Waals surface area contributed by atoms with Crippen LogP contribution in [-0.2, 0) is 0 Å². The highest BCUT2D eigenvalue weighted by Crippen LogP contribution is 2.30. The smallest absolute Gasteiger partial charge is 0.170 e. The van der Waals surface area contributed by atoms with Crippen molar-refractivity contribution in [1.29, 1.82) is 0 Å². The van der Waals surface area contributed by atoms with Crippen LogP contribution in [-0.4, -0.2) is 18.9 Å². The van der Waals surface area contributed by atoms with E-state index in [1.165, 1.54) is 16.0 Å². The zero-order valence-electron chi connectivity index (χ0n) is 11.6. The molecule has 1 aromatic carbocycles. The van der Waals surface area contributed by atoms with Crippen molar-refractivity contribution in [1.82, 2.24) is 5.32 Å². The Morgan fingerprint density at radius 3 is 2.86 bits per heavy atom. The van der Waals surface area contributed by atoms with E-state index in [0.29, 0.717) is 0 Å². The first-order valence-corrected chi connectivity index (χ1v) is 7.55. The van der Waals surface area contributed by atoms with Gasteiger partial charge in [-0.2, -0.15) is 0 Å². The first kappa shape index (κ1) is 14.2. The van der Waals surface area contributed by atoms with Crippen molar-refractivity contribution in [3.05, 3.63) is 47.0 Å². The van der Waals surface area contributed by atoms with Gasteiger partial charge in [0.05, 0.1) is 6.54 Å². The van der Waals surface area contributed by atoms with Crippen LogP contribution in [0.15, 0.2) is 45.1 Å². The second kappa shape index (κ2) is 5.54. The van der Waals surface area contributed by atoms with Gasteiger partial charge < -0.3 is 9.73 Å². The molecule has 1 aliphatic heterocycles. The first-order valence-electron chi connectivity index (χ1n) is 6.67. The fourth-order valence-corrected chi connectivity index (χ4v) is 3.36. The zero-order valence-corrected chi connectivity index (χ0v) is 13.2. The SMILES string of the molecule is Cc1csc(-c2ccc3oc(C4=NCCN4)cc3c2)c1.Cl. The quantitative estimate of drug-likeness (QED) is 0.767. The van der Waals surface area contributed by atoms with Crippen LogP contribution < -0.4 is 5.32 Å². The van der Waals surface area contributed by atoms with E-state index in [4.69, 9.17) is 4.42 Å². The molecule has 0 bridgehead atoms. The summed E-state index contributed by atoms with van der Waals surface area (Å²) < 4.78 is 5.86. The molecule has 0 spiro atoms. The van der Waals surface area contributed by atoms with Gasteiger partial charge in [-0.1, -0.05) is 0 Å². The average molecular weight is 319 g/mol. The van der Waals surface area contributed by atoms with E-state index in [1.54, 1.807) is 11.3 Å². The van der Waals surface area contributed by atoms with Gasteiger partial charge in [-0.15, -0.1) is 23.7 Å². The first-order chi connectivity index (χ1) is 9.79. The van der Waals surface area contributed by atoms with Gasteiger partial charge in [-0.3, -0.25) is 4.99 Å². The Labute approximate surface area is 133 Å². The number of rotatable bonds is 2. The number of furan rings is 1. The molecule has 0 radical (unpaired) electrons. The lowest BCUT2D eigenvalue weighted by Crippen LogP contribution is -2.18. The Kier molecular flexibility index (Phi) is 3.74. The number of hydrogen-bond acceptors (Lipinski definition) is 4. The summed E-state index contributed by atoms with van der Waals surface area (Å²) in [6.07, 6.45) is 0. The third-order valence-electron chi connectivity index (χ3n) is 3.44. The number of thiophene rings is 1. The summed E-state index contributed by atoms with van der Waals surface area (Å²) in [7, 11) is 0. The van der Waals surface area contributed by atoms with Gasteiger partial charge in [-0.25, -0.2) is 0 Å². The Morgan fingerprint density at radius 1 is 1.24 bits per heavy atom. The van der Waals surface area contributed by atoms with E-state index >= 15 is 0 Å². The van der Waals surface area contributed by atoms with Crippen molar-refractivity contribution in [2.75, 3.05) is 13.1 Å². The Balaban J connectivity index is 0.00000132. The lowest BCUT2D eigenvalue weighted by Gasteiger charge is -1.96. The minimum Gasteiger partial charge on any atom is -0.453 e. The van der Waals surface area contributed by atoms with Crippen LogP contribution in [0.1, 0.15) is 11.3 Å². The van der Waals surface area contributed by atoms with Gasteiger partial charge >= 0.3 is 0 Å². The maximum Gasteiger partial charge on any atom is 0.170 e. The maximum atomic E-state index is 5.86. The molecule has 0 amide bonds. The summed E-state index contributed by atoms with van der Waals surface area (Å²) in [5.74, 6) is 1.70. The number of nitrogens with zero attached hydrogens (tertiary/aromatic N) is 1. The molecule has 3 heterocycles. The number of nitrogens with one attached hydrogen (secondary N) is 1. The van der Waals surface area contributed by atoms with E-state index in [9.17, 15) is 0 Å². The summed E-state index contributed by atoms with van der Waals surface area (Å²) in [6, 6.07) is 10.6. The average Bonchev–Trinajstić information content (AvgIpc) is 3.17. The van der Waals surface area contributed by atoms with Gasteiger partial charge in [-0.05, 0) is 53.8 Å². The van der Waals surface area contributed by atoms with Crippen molar-refractivity contribution >= 4 is 40.5 Å². The molecule has 0 saturated heterocycles. The van der Waals surface area contributed by atoms with Gasteiger partial charge in [0.15, 0.2) is 11.6 Å². The number of aliphatic imine (C=N–C) groups is 1. The Hall–Kier alpha value is -1.78. The van der Waals surface area contributed by atoms with Crippen LogP contribution in [0.4, 0.5) is 0 Å². The van der Waals surface area contributed by atoms with E-state index in [-0.39, 0.29) is 12.4 Å². The molecule has 1 N–H and O–H groups in total. The highest BCUT2D eigenvalue weighted by Gasteiger charge is 2.13. The van der Waals surface area contributed by atoms with E-state index in [1.807, 2.05) is 6.07 Å². The number of benzene rings is 1. The number of halogens is 1. The van der Waals surface area contributed by atoms with Crippen LogP contribution >= 0.6 is 23.7 Å². The van der Waals surface area contributed by atoms with Crippen molar-refractivity contribution in [3.63, 3.8) is 0 Å². The predicted octanol–water partition coefficient (Wildman–Crippen LogP) is 4.24. The number of fused-ring (bicyclic) bond motifs is 1. The summed E-state index contributed by atoms with van der Waals surface area (Å²) in [4.78, 5) is 5.69. The van der Waals surface area contributed by atoms with Crippen molar-refractivity contribution in [3.8, 4) is 10.4 Å². The second-order valence-corrected chi connectivity index (χ2v) is 5.92. The molecular weight excluding hydrogens is 304 g/mol. The van der Waals surface area contributed by atoms with Gasteiger partial charge in [0.1, 0.15) is 5.58 Å². The molecule has 0 saturated carbocycles. The summed E-state index contributed by atoms with van der Waals surface area (Å²) >= 11 is 1.78. The summed E-state index contributed by atoms with van der Waals surface area (Å²) in [5.41, 5.74) is 3.46. The third-order valence-corrected chi connectivity index (χ3v) is 4.54. The maximum absolute atomic E-state index is 5.86. The van der Waals surface area contributed by atoms with Crippen LogP contribution in [0, 0.1) is 6.92 Å². The Morgan fingerprint density at radius 2 is 2.14 bits per heavy atom. The van der Waals surface area contributed by atoms with Crippen LogP contribution in [0.5, 0.6) is 0 Å². The van der Waals surface area contributed by atoms with Crippen molar-refractivity contribution < 1.29 is 4.42 Å². The molecular formula is C16H15ClN2OS. The molecule has 0 atom stereocenters. The number of amidine groups is 1. The standard InChI is InChI=1S/C16H14N2OS.ClH/c1-10-6-15(20-9-10)11-2-3-13-12(7-11)8-14(19-13)16-17-4-5-18-16;/h2-3,6-9H,4-5H2,1H3,(H,17,18);1H. The molecule has 1 aliphatic rings. The molecule has 4 rings (SSSR count). The minimum absolute atomic E-state index is 0. The molecule has 0 aliphatic carbocycles. The fraction of sp³-hybridized carbons (Fsp3) is 0.188. The molecule has 3 nitrogen and oxygen atoms in total. The van der Waals surface area contributed by atoms with E-state index in [0.717, 1.165) is 35.7 Å². The molecule has 5 heteroatoms. The lowest BCUT2D eigenvalue weighted by molar-refractivity contribution is 0.602. The Bertz CT molecular complexity index is 819. The van der Waals surface area contributed by atoms with E-state index < -0.39 is 0 Å². The minimum atomic E-state index is 0. The van der Waals surface area contributed by atoms with Crippen LogP contribution in [0.2, 0.25) is 0 Å². The molecule has 2 aromatic heterocycles. The van der Waals surface area contributed by atoms with Gasteiger partial charge in [0, 0.05) is 16.8 Å². The molecule has 0 fully saturated rings. The lowest BCUT2D eigenvalue weighted by atomic mass is 10.1. The largest absolute Gasteiger partial charge is 0.453 e. The highest BCUT2D eigenvalue weighted by atomic mass is 35.5. The van der Waals surface area contributed by atoms with Gasteiger partial charge in [0.25, 0.3) is 0 Å². The topological polar surface area (TPSA) is 37.5 Å². The molecule has 0 unspecified atom stereocenters. The van der Waals surface area contributed by atoms with Crippen molar-refractivity contribution in [2.24, 2.45) is 4.99 Å². The highest BCUT2D eigenvalue weighted by molar-refractivity contribution is 7.13.